The summed E-state index contributed by atoms with van der Waals surface area (Å²) in [6.45, 7) is 6.58. The van der Waals surface area contributed by atoms with Crippen LogP contribution in [0.5, 0.6) is 0 Å². The number of nitrogens with zero attached hydrogens (tertiary/aromatic N) is 3. The Balaban J connectivity index is 1.30. The van der Waals surface area contributed by atoms with Crippen molar-refractivity contribution in [3.63, 3.8) is 0 Å². The SMILES string of the molecule is CCSC1(C(=O)OC(c2ccccc2)c2ccccc2)CS[C@@H]2C(NC(=O)C(=NOCC(=O)OC(C)(C)C)c3nc(N)sc3Cl)C(=O)N2C1. The number of nitrogens with one attached hydrogen (secondary N) is 1. The monoisotopic (exact) mass is 745 g/mol. The van der Waals surface area contributed by atoms with Gasteiger partial charge in [-0.05, 0) is 37.7 Å². The average molecular weight is 746 g/mol. The van der Waals surface area contributed by atoms with Gasteiger partial charge < -0.3 is 30.3 Å². The van der Waals surface area contributed by atoms with Gasteiger partial charge in [-0.15, -0.1) is 23.5 Å². The van der Waals surface area contributed by atoms with Crippen molar-refractivity contribution >= 4 is 81.1 Å². The Hall–Kier alpha value is -3.79. The lowest BCUT2D eigenvalue weighted by molar-refractivity contribution is -0.160. The van der Waals surface area contributed by atoms with E-state index in [1.165, 1.54) is 23.5 Å². The fourth-order valence-electron chi connectivity index (χ4n) is 5.28. The van der Waals surface area contributed by atoms with Crippen LogP contribution >= 0.6 is 46.5 Å². The van der Waals surface area contributed by atoms with Gasteiger partial charge >= 0.3 is 11.9 Å². The highest BCUT2D eigenvalue weighted by Gasteiger charge is 2.58. The molecule has 0 spiro atoms. The maximum absolute atomic E-state index is 14.1. The van der Waals surface area contributed by atoms with Crippen molar-refractivity contribution in [1.82, 2.24) is 15.2 Å². The third kappa shape index (κ3) is 8.51. The molecule has 2 unspecified atom stereocenters. The number of benzene rings is 2. The van der Waals surface area contributed by atoms with E-state index in [-0.39, 0.29) is 33.3 Å². The summed E-state index contributed by atoms with van der Waals surface area (Å²) in [5.41, 5.74) is 6.29. The summed E-state index contributed by atoms with van der Waals surface area (Å²) in [5.74, 6) is -1.34. The molecule has 0 radical (unpaired) electrons. The van der Waals surface area contributed by atoms with Gasteiger partial charge in [-0.3, -0.25) is 14.4 Å². The Kier molecular flexibility index (Phi) is 11.5. The number of hydrogen-bond acceptors (Lipinski definition) is 13. The van der Waals surface area contributed by atoms with Gasteiger partial charge in [-0.2, -0.15) is 0 Å². The van der Waals surface area contributed by atoms with E-state index in [4.69, 9.17) is 31.6 Å². The topological polar surface area (TPSA) is 163 Å². The van der Waals surface area contributed by atoms with Crippen LogP contribution in [0.15, 0.2) is 65.8 Å². The van der Waals surface area contributed by atoms with E-state index in [0.717, 1.165) is 22.5 Å². The summed E-state index contributed by atoms with van der Waals surface area (Å²) in [6.07, 6.45) is -0.632. The standard InChI is InChI=1S/C33H36ClN5O7S3/c1-5-48-33(30(43)45-25(19-12-8-6-9-13-19)20-14-10-7-11-15-20)17-39-28(42)24(29(39)47-18-33)36-27(41)23(22-26(34)49-31(35)37-22)38-44-16-21(40)46-32(2,3)4/h6-15,24-25,29H,5,16-18H2,1-4H3,(H2,35,37)(H,36,41)/t24?,29-,33?/m1/s1. The Morgan fingerprint density at radius 2 is 1.78 bits per heavy atom. The maximum atomic E-state index is 14.1. The van der Waals surface area contributed by atoms with Crippen LogP contribution in [0, 0.1) is 0 Å². The summed E-state index contributed by atoms with van der Waals surface area (Å²) in [7, 11) is 0. The van der Waals surface area contributed by atoms with Crippen LogP contribution in [0.25, 0.3) is 0 Å². The predicted octanol–water partition coefficient (Wildman–Crippen LogP) is 4.67. The molecule has 49 heavy (non-hydrogen) atoms. The molecular weight excluding hydrogens is 710 g/mol. The average Bonchev–Trinajstić information content (AvgIpc) is 3.41. The van der Waals surface area contributed by atoms with Gasteiger partial charge in [-0.25, -0.2) is 9.78 Å². The Bertz CT molecular complexity index is 1680. The van der Waals surface area contributed by atoms with Crippen molar-refractivity contribution in [2.45, 2.75) is 55.6 Å². The molecule has 12 nitrogen and oxygen atoms in total. The lowest BCUT2D eigenvalue weighted by Crippen LogP contribution is -2.75. The summed E-state index contributed by atoms with van der Waals surface area (Å²) in [5, 5.41) is 6.18. The third-order valence-corrected chi connectivity index (χ3v) is 11.4. The first kappa shape index (κ1) is 36.5. The predicted molar refractivity (Wildman–Crippen MR) is 191 cm³/mol. The van der Waals surface area contributed by atoms with Crippen molar-refractivity contribution in [1.29, 1.82) is 0 Å². The van der Waals surface area contributed by atoms with Crippen LogP contribution in [0.4, 0.5) is 5.13 Å². The highest BCUT2D eigenvalue weighted by Crippen LogP contribution is 2.45. The molecule has 5 rings (SSSR count). The minimum atomic E-state index is -1.03. The van der Waals surface area contributed by atoms with Crippen LogP contribution in [0.3, 0.4) is 0 Å². The number of nitrogen functional groups attached to an aromatic ring is 1. The van der Waals surface area contributed by atoms with Crippen LogP contribution in [-0.2, 0) is 33.5 Å². The van der Waals surface area contributed by atoms with Gasteiger partial charge in [0.25, 0.3) is 5.91 Å². The van der Waals surface area contributed by atoms with E-state index in [0.29, 0.717) is 11.5 Å². The normalized spacial score (nSPS) is 20.7. The van der Waals surface area contributed by atoms with Gasteiger partial charge in [0.05, 0.1) is 0 Å². The number of β-lactam (4-membered cyclic amide) rings is 1. The number of carbonyl (C=O) groups excluding carboxylic acids is 4. The van der Waals surface area contributed by atoms with E-state index < -0.39 is 52.3 Å². The molecule has 3 atom stereocenters. The molecular formula is C33H36ClN5O7S3. The zero-order chi connectivity index (χ0) is 35.3. The first-order valence-electron chi connectivity index (χ1n) is 15.3. The maximum Gasteiger partial charge on any atom is 0.347 e. The summed E-state index contributed by atoms with van der Waals surface area (Å²) >= 11 is 10.0. The number of esters is 2. The number of thiazole rings is 1. The van der Waals surface area contributed by atoms with E-state index in [9.17, 15) is 19.2 Å². The first-order valence-corrected chi connectivity index (χ1v) is 18.6. The van der Waals surface area contributed by atoms with E-state index in [2.05, 4.69) is 15.5 Å². The first-order chi connectivity index (χ1) is 23.3. The Morgan fingerprint density at radius 1 is 1.14 bits per heavy atom. The molecule has 260 valence electrons. The second-order valence-electron chi connectivity index (χ2n) is 12.1. The lowest BCUT2D eigenvalue weighted by atomic mass is 10.00. The number of carbonyl (C=O) groups is 4. The minimum Gasteiger partial charge on any atom is -0.457 e. The number of thioether (sulfide) groups is 2. The van der Waals surface area contributed by atoms with Crippen molar-refractivity contribution in [2.24, 2.45) is 5.16 Å². The number of fused-ring (bicyclic) bond motifs is 1. The number of hydrogen-bond donors (Lipinski definition) is 2. The summed E-state index contributed by atoms with van der Waals surface area (Å²) in [4.78, 5) is 64.1. The fraction of sp³-hybridized carbons (Fsp3) is 0.394. The molecule has 2 aliphatic rings. The molecule has 2 fully saturated rings. The molecule has 2 aliphatic heterocycles. The van der Waals surface area contributed by atoms with Gasteiger partial charge in [0.2, 0.25) is 12.5 Å². The number of rotatable bonds is 12. The lowest BCUT2D eigenvalue weighted by Gasteiger charge is -2.53. The van der Waals surface area contributed by atoms with E-state index >= 15 is 0 Å². The number of amides is 2. The zero-order valence-corrected chi connectivity index (χ0v) is 30.4. The second-order valence-corrected chi connectivity index (χ2v) is 16.5. The van der Waals surface area contributed by atoms with Crippen LogP contribution in [0.2, 0.25) is 4.34 Å². The van der Waals surface area contributed by atoms with Gasteiger partial charge in [0.1, 0.15) is 31.8 Å². The summed E-state index contributed by atoms with van der Waals surface area (Å²) in [6, 6.07) is 18.1. The molecule has 3 N–H and O–H groups in total. The third-order valence-electron chi connectivity index (χ3n) is 7.36. The van der Waals surface area contributed by atoms with E-state index in [1.807, 2.05) is 67.6 Å². The molecule has 1 aromatic heterocycles. The molecule has 0 bridgehead atoms. The van der Waals surface area contributed by atoms with Crippen molar-refractivity contribution in [2.75, 3.05) is 30.4 Å². The number of oxime groups is 1. The molecule has 3 aromatic rings. The van der Waals surface area contributed by atoms with E-state index in [1.54, 1.807) is 25.7 Å². The van der Waals surface area contributed by atoms with Crippen LogP contribution < -0.4 is 11.1 Å². The van der Waals surface area contributed by atoms with Gasteiger partial charge in [0, 0.05) is 12.3 Å². The molecule has 3 heterocycles. The highest BCUT2D eigenvalue weighted by atomic mass is 35.5. The highest BCUT2D eigenvalue weighted by molar-refractivity contribution is 8.05. The largest absolute Gasteiger partial charge is 0.457 e. The van der Waals surface area contributed by atoms with Crippen LogP contribution in [-0.4, -0.2) is 85.8 Å². The molecule has 0 saturated carbocycles. The van der Waals surface area contributed by atoms with Crippen molar-refractivity contribution in [3.8, 4) is 0 Å². The molecule has 0 aliphatic carbocycles. The Morgan fingerprint density at radius 3 is 2.33 bits per heavy atom. The number of halogens is 1. The van der Waals surface area contributed by atoms with Crippen LogP contribution in [0.1, 0.15) is 50.6 Å². The number of ether oxygens (including phenoxy) is 2. The number of nitrogens with two attached hydrogens (primary N) is 1. The van der Waals surface area contributed by atoms with Crippen molar-refractivity contribution in [3.05, 3.63) is 81.8 Å². The summed E-state index contributed by atoms with van der Waals surface area (Å²) < 4.78 is 10.5. The molecule has 2 aromatic carbocycles. The van der Waals surface area contributed by atoms with Crippen molar-refractivity contribution < 1.29 is 33.5 Å². The van der Waals surface area contributed by atoms with Gasteiger partial charge in [0.15, 0.2) is 16.9 Å². The smallest absolute Gasteiger partial charge is 0.347 e. The quantitative estimate of drug-likeness (QED) is 0.115. The Labute approximate surface area is 301 Å². The second kappa shape index (κ2) is 15.4. The molecule has 2 saturated heterocycles. The number of aromatic nitrogens is 1. The van der Waals surface area contributed by atoms with Gasteiger partial charge in [-0.1, -0.05) is 95.7 Å². The molecule has 2 amide bonds. The molecule has 16 heteroatoms. The minimum absolute atomic E-state index is 0.0572. The zero-order valence-electron chi connectivity index (χ0n) is 27.2. The fourth-order valence-corrected chi connectivity index (χ4v) is 9.08. The number of anilines is 1.